The number of hydrogen-bond donors (Lipinski definition) is 3. The van der Waals surface area contributed by atoms with Gasteiger partial charge in [0.2, 0.25) is 0 Å². The van der Waals surface area contributed by atoms with Crippen LogP contribution >= 0.6 is 0 Å². The number of fused-ring (bicyclic) bond motifs is 4. The summed E-state index contributed by atoms with van der Waals surface area (Å²) in [6.45, 7) is 1.99. The van der Waals surface area contributed by atoms with E-state index in [1.54, 1.807) is 6.07 Å². The first-order valence-corrected chi connectivity index (χ1v) is 10.7. The largest absolute Gasteiger partial charge is 0.486 e. The number of rotatable bonds is 3. The average molecular weight is 386 g/mol. The maximum Gasteiger partial charge on any atom is 0.252 e. The topological polar surface area (TPSA) is 96.0 Å². The number of hydrogen-bond acceptors (Lipinski definition) is 5. The lowest BCUT2D eigenvalue weighted by atomic mass is 9.74. The van der Waals surface area contributed by atoms with Crippen molar-refractivity contribution >= 4 is 5.91 Å². The van der Waals surface area contributed by atoms with E-state index >= 15 is 0 Å². The van der Waals surface area contributed by atoms with Crippen LogP contribution < -0.4 is 10.5 Å². The van der Waals surface area contributed by atoms with Gasteiger partial charge in [-0.05, 0) is 74.6 Å². The van der Waals surface area contributed by atoms with Crippen molar-refractivity contribution in [1.82, 2.24) is 4.90 Å². The molecular formula is C22H30N2O4. The van der Waals surface area contributed by atoms with Gasteiger partial charge in [-0.3, -0.25) is 9.69 Å². The number of ether oxygens (including phenoxy) is 1. The van der Waals surface area contributed by atoms with Crippen LogP contribution in [0.25, 0.3) is 0 Å². The highest BCUT2D eigenvalue weighted by Crippen LogP contribution is 2.44. The fraction of sp³-hybridized carbons (Fsp3) is 0.682. The molecule has 2 saturated carbocycles. The number of aliphatic hydroxyl groups is 2. The van der Waals surface area contributed by atoms with E-state index in [4.69, 9.17) is 10.5 Å². The third-order valence-corrected chi connectivity index (χ3v) is 7.29. The quantitative estimate of drug-likeness (QED) is 0.730. The number of aliphatic hydroxyl groups excluding tert-OH is 1. The molecule has 1 aromatic carbocycles. The zero-order valence-electron chi connectivity index (χ0n) is 16.3. The number of primary amides is 1. The SMILES string of the molecule is NC(=O)c1ccc2c3c1OC1CC(O)(CCC1O)C(C2)N(CC1CC1)CCC3. The Balaban J connectivity index is 1.64. The minimum Gasteiger partial charge on any atom is -0.486 e. The summed E-state index contributed by atoms with van der Waals surface area (Å²) < 4.78 is 6.28. The molecule has 0 saturated heterocycles. The molecule has 28 heavy (non-hydrogen) atoms. The zero-order chi connectivity index (χ0) is 19.5. The van der Waals surface area contributed by atoms with E-state index in [1.165, 1.54) is 12.8 Å². The molecule has 0 radical (unpaired) electrons. The van der Waals surface area contributed by atoms with Crippen LogP contribution in [0, 0.1) is 5.92 Å². The molecule has 2 aliphatic carbocycles. The molecule has 1 aromatic rings. The molecule has 152 valence electrons. The third kappa shape index (κ3) is 3.11. The number of amides is 1. The van der Waals surface area contributed by atoms with E-state index in [2.05, 4.69) is 4.90 Å². The van der Waals surface area contributed by atoms with Gasteiger partial charge in [0.25, 0.3) is 5.91 Å². The molecule has 4 aliphatic rings. The van der Waals surface area contributed by atoms with Gasteiger partial charge in [0.05, 0.1) is 17.3 Å². The molecule has 4 N–H and O–H groups in total. The maximum absolute atomic E-state index is 12.1. The van der Waals surface area contributed by atoms with Crippen LogP contribution in [0.3, 0.4) is 0 Å². The zero-order valence-corrected chi connectivity index (χ0v) is 16.3. The van der Waals surface area contributed by atoms with E-state index in [0.29, 0.717) is 30.6 Å². The van der Waals surface area contributed by atoms with Crippen LogP contribution in [0.1, 0.15) is 60.0 Å². The Morgan fingerprint density at radius 3 is 2.89 bits per heavy atom. The lowest BCUT2D eigenvalue weighted by Gasteiger charge is -2.48. The summed E-state index contributed by atoms with van der Waals surface area (Å²) in [6, 6.07) is 3.76. The van der Waals surface area contributed by atoms with Gasteiger partial charge >= 0.3 is 0 Å². The van der Waals surface area contributed by atoms with Crippen LogP contribution in [-0.4, -0.2) is 58.0 Å². The van der Waals surface area contributed by atoms with Gasteiger partial charge in [-0.25, -0.2) is 0 Å². The number of nitrogens with zero attached hydrogens (tertiary/aromatic N) is 1. The van der Waals surface area contributed by atoms with Gasteiger partial charge in [0, 0.05) is 19.0 Å². The second-order valence-electron chi connectivity index (χ2n) is 9.28. The lowest BCUT2D eigenvalue weighted by Crippen LogP contribution is -2.60. The number of carbonyl (C=O) groups is 1. The van der Waals surface area contributed by atoms with Crippen molar-refractivity contribution in [2.24, 2.45) is 11.7 Å². The van der Waals surface area contributed by atoms with Crippen molar-refractivity contribution < 1.29 is 19.7 Å². The molecule has 4 atom stereocenters. The minimum absolute atomic E-state index is 0.0103. The average Bonchev–Trinajstić information content (AvgIpc) is 3.45. The van der Waals surface area contributed by atoms with Gasteiger partial charge < -0.3 is 20.7 Å². The predicted molar refractivity (Wildman–Crippen MR) is 104 cm³/mol. The molecule has 6 bridgehead atoms. The molecule has 1 amide bonds. The molecule has 4 unspecified atom stereocenters. The molecule has 5 rings (SSSR count). The highest BCUT2D eigenvalue weighted by Gasteiger charge is 2.49. The molecule has 6 heteroatoms. The first-order valence-electron chi connectivity index (χ1n) is 10.7. The molecule has 2 heterocycles. The first kappa shape index (κ1) is 18.4. The van der Waals surface area contributed by atoms with Gasteiger partial charge in [0.15, 0.2) is 0 Å². The molecule has 6 nitrogen and oxygen atoms in total. The Kier molecular flexibility index (Phi) is 4.41. The summed E-state index contributed by atoms with van der Waals surface area (Å²) in [4.78, 5) is 14.6. The predicted octanol–water partition coefficient (Wildman–Crippen LogP) is 1.39. The standard InChI is InChI=1S/C22H30N2O4/c23-21(26)16-6-5-14-10-19-22(27)8-7-17(25)18(11-22)28-20(16)15(14)2-1-9-24(19)12-13-3-4-13/h5-6,13,17-19,25,27H,1-4,7-12H2,(H2,23,26). The van der Waals surface area contributed by atoms with Crippen molar-refractivity contribution in [2.45, 2.75) is 75.2 Å². The van der Waals surface area contributed by atoms with E-state index in [-0.39, 0.29) is 6.04 Å². The third-order valence-electron chi connectivity index (χ3n) is 7.29. The van der Waals surface area contributed by atoms with Crippen molar-refractivity contribution in [3.63, 3.8) is 0 Å². The van der Waals surface area contributed by atoms with Crippen LogP contribution in [0.4, 0.5) is 0 Å². The molecule has 0 spiro atoms. The van der Waals surface area contributed by atoms with Crippen molar-refractivity contribution in [2.75, 3.05) is 13.1 Å². The summed E-state index contributed by atoms with van der Waals surface area (Å²) >= 11 is 0. The Morgan fingerprint density at radius 1 is 1.32 bits per heavy atom. The molecule has 0 aromatic heterocycles. The number of nitrogens with two attached hydrogens (primary N) is 1. The Hall–Kier alpha value is -1.63. The highest BCUT2D eigenvalue weighted by molar-refractivity contribution is 5.96. The Bertz CT molecular complexity index is 793. The number of benzene rings is 1. The summed E-state index contributed by atoms with van der Waals surface area (Å²) in [5.41, 5.74) is 7.30. The van der Waals surface area contributed by atoms with Crippen molar-refractivity contribution in [1.29, 1.82) is 0 Å². The summed E-state index contributed by atoms with van der Waals surface area (Å²) in [5.74, 6) is 0.783. The molecule has 2 aliphatic heterocycles. The smallest absolute Gasteiger partial charge is 0.252 e. The van der Waals surface area contributed by atoms with E-state index in [9.17, 15) is 15.0 Å². The van der Waals surface area contributed by atoms with Crippen molar-refractivity contribution in [3.05, 3.63) is 28.8 Å². The fourth-order valence-electron chi connectivity index (χ4n) is 5.54. The minimum atomic E-state index is -0.896. The number of carbonyl (C=O) groups excluding carboxylic acids is 1. The van der Waals surface area contributed by atoms with E-state index in [0.717, 1.165) is 49.4 Å². The van der Waals surface area contributed by atoms with Gasteiger partial charge in [-0.2, -0.15) is 0 Å². The molecule has 2 fully saturated rings. The maximum atomic E-state index is 12.1. The lowest BCUT2D eigenvalue weighted by molar-refractivity contribution is -0.127. The molecular weight excluding hydrogens is 356 g/mol. The second-order valence-corrected chi connectivity index (χ2v) is 9.28. The van der Waals surface area contributed by atoms with Gasteiger partial charge in [0.1, 0.15) is 11.9 Å². The van der Waals surface area contributed by atoms with Crippen LogP contribution in [0.15, 0.2) is 12.1 Å². The second kappa shape index (κ2) is 6.71. The van der Waals surface area contributed by atoms with E-state index < -0.39 is 23.7 Å². The van der Waals surface area contributed by atoms with Crippen LogP contribution in [-0.2, 0) is 12.8 Å². The highest BCUT2D eigenvalue weighted by atomic mass is 16.5. The Morgan fingerprint density at radius 2 is 2.14 bits per heavy atom. The summed E-state index contributed by atoms with van der Waals surface area (Å²) in [5, 5.41) is 22.4. The monoisotopic (exact) mass is 386 g/mol. The van der Waals surface area contributed by atoms with Crippen LogP contribution in [0.5, 0.6) is 5.75 Å². The van der Waals surface area contributed by atoms with E-state index in [1.807, 2.05) is 6.07 Å². The summed E-state index contributed by atoms with van der Waals surface area (Å²) in [7, 11) is 0. The van der Waals surface area contributed by atoms with Crippen LogP contribution in [0.2, 0.25) is 0 Å². The normalized spacial score (nSPS) is 35.1. The van der Waals surface area contributed by atoms with Gasteiger partial charge in [-0.1, -0.05) is 6.07 Å². The first-order chi connectivity index (χ1) is 13.4. The fourth-order valence-corrected chi connectivity index (χ4v) is 5.54. The Labute approximate surface area is 165 Å². The van der Waals surface area contributed by atoms with Crippen molar-refractivity contribution in [3.8, 4) is 5.75 Å². The van der Waals surface area contributed by atoms with Gasteiger partial charge in [-0.15, -0.1) is 0 Å². The summed E-state index contributed by atoms with van der Waals surface area (Å²) in [6.07, 6.45) is 5.40.